The lowest BCUT2D eigenvalue weighted by Crippen LogP contribution is -2.55. The molecule has 10 nitrogen and oxygen atoms in total. The van der Waals surface area contributed by atoms with Crippen molar-refractivity contribution in [2.75, 3.05) is 19.8 Å². The number of aliphatic hydroxyl groups excluding tert-OH is 2. The molecule has 29 heavy (non-hydrogen) atoms. The zero-order valence-electron chi connectivity index (χ0n) is 18.0. The fourth-order valence-corrected chi connectivity index (χ4v) is 3.45. The van der Waals surface area contributed by atoms with Crippen molar-refractivity contribution in [3.05, 3.63) is 0 Å². The summed E-state index contributed by atoms with van der Waals surface area (Å²) in [7, 11) is 0. The Hall–Kier alpha value is -2.20. The van der Waals surface area contributed by atoms with E-state index in [1.54, 1.807) is 41.5 Å². The van der Waals surface area contributed by atoms with E-state index >= 15 is 0 Å². The standard InChI is InChI=1S/C19H32N4O6/c1-7-12(24)9-20-14(26)18(3,4)22(16(20)28)11-23-17(29)21(10-13(25)8-2)15(27)19(23,5)6/h12-13,24-25H,7-11H2,1-6H3. The molecule has 2 heterocycles. The Morgan fingerprint density at radius 3 is 1.31 bits per heavy atom. The van der Waals surface area contributed by atoms with Gasteiger partial charge in [-0.05, 0) is 40.5 Å². The SMILES string of the molecule is CCC(O)CN1C(=O)N(CN2C(=O)N(CC(O)CC)C(=O)C2(C)C)C(C)(C)C1=O. The summed E-state index contributed by atoms with van der Waals surface area (Å²) in [4.78, 5) is 55.8. The number of aliphatic hydroxyl groups is 2. The number of β-amino-alcohol motifs (C(OH)–C–C–N with tert-alkyl or cyclic N) is 2. The van der Waals surface area contributed by atoms with Gasteiger partial charge in [-0.1, -0.05) is 13.8 Å². The molecule has 0 spiro atoms. The lowest BCUT2D eigenvalue weighted by atomic mass is 10.0. The number of amides is 6. The van der Waals surface area contributed by atoms with Crippen LogP contribution >= 0.6 is 0 Å². The molecule has 6 amide bonds. The topological polar surface area (TPSA) is 122 Å². The molecule has 0 aromatic carbocycles. The average molecular weight is 412 g/mol. The van der Waals surface area contributed by atoms with Crippen LogP contribution in [0.5, 0.6) is 0 Å². The predicted molar refractivity (Wildman–Crippen MR) is 104 cm³/mol. The fourth-order valence-electron chi connectivity index (χ4n) is 3.45. The summed E-state index contributed by atoms with van der Waals surface area (Å²) < 4.78 is 0. The third-order valence-electron chi connectivity index (χ3n) is 5.82. The van der Waals surface area contributed by atoms with Crippen LogP contribution < -0.4 is 0 Å². The van der Waals surface area contributed by atoms with Crippen molar-refractivity contribution in [3.8, 4) is 0 Å². The molecule has 0 aliphatic carbocycles. The second kappa shape index (κ2) is 7.91. The molecule has 0 bridgehead atoms. The third-order valence-corrected chi connectivity index (χ3v) is 5.82. The number of hydrogen-bond acceptors (Lipinski definition) is 6. The molecule has 2 aliphatic heterocycles. The highest BCUT2D eigenvalue weighted by Gasteiger charge is 2.57. The lowest BCUT2D eigenvalue weighted by Gasteiger charge is -2.36. The highest BCUT2D eigenvalue weighted by Crippen LogP contribution is 2.33. The maximum absolute atomic E-state index is 12.9. The molecule has 10 heteroatoms. The molecule has 0 aromatic rings. The largest absolute Gasteiger partial charge is 0.391 e. The van der Waals surface area contributed by atoms with Crippen LogP contribution in [0.2, 0.25) is 0 Å². The van der Waals surface area contributed by atoms with Gasteiger partial charge in [-0.2, -0.15) is 0 Å². The van der Waals surface area contributed by atoms with Crippen molar-refractivity contribution >= 4 is 23.9 Å². The molecule has 2 fully saturated rings. The number of urea groups is 2. The molecule has 2 N–H and O–H groups in total. The molecule has 0 radical (unpaired) electrons. The molecule has 2 aliphatic rings. The van der Waals surface area contributed by atoms with Crippen molar-refractivity contribution in [2.24, 2.45) is 0 Å². The van der Waals surface area contributed by atoms with Crippen LogP contribution in [0.25, 0.3) is 0 Å². The van der Waals surface area contributed by atoms with Gasteiger partial charge in [0.2, 0.25) is 0 Å². The monoisotopic (exact) mass is 412 g/mol. The van der Waals surface area contributed by atoms with Gasteiger partial charge in [-0.25, -0.2) is 9.59 Å². The van der Waals surface area contributed by atoms with E-state index in [1.807, 2.05) is 0 Å². The smallest absolute Gasteiger partial charge is 0.329 e. The third kappa shape index (κ3) is 3.83. The normalized spacial score (nSPS) is 23.4. The van der Waals surface area contributed by atoms with E-state index in [0.29, 0.717) is 12.8 Å². The molecule has 2 atom stereocenters. The number of carbonyl (C=O) groups excluding carboxylic acids is 4. The van der Waals surface area contributed by atoms with E-state index in [0.717, 1.165) is 9.80 Å². The van der Waals surface area contributed by atoms with Crippen molar-refractivity contribution in [2.45, 2.75) is 77.7 Å². The maximum atomic E-state index is 12.9. The number of imide groups is 2. The van der Waals surface area contributed by atoms with Gasteiger partial charge in [0.25, 0.3) is 11.8 Å². The summed E-state index contributed by atoms with van der Waals surface area (Å²) in [6, 6.07) is -1.23. The summed E-state index contributed by atoms with van der Waals surface area (Å²) in [5.41, 5.74) is -2.47. The van der Waals surface area contributed by atoms with E-state index in [-0.39, 0.29) is 19.8 Å². The van der Waals surface area contributed by atoms with Gasteiger partial charge in [-0.3, -0.25) is 29.2 Å². The lowest BCUT2D eigenvalue weighted by molar-refractivity contribution is -0.134. The van der Waals surface area contributed by atoms with Crippen LogP contribution in [-0.4, -0.2) is 96.7 Å². The summed E-state index contributed by atoms with van der Waals surface area (Å²) in [5, 5.41) is 19.8. The zero-order chi connectivity index (χ0) is 22.3. The van der Waals surface area contributed by atoms with E-state index in [2.05, 4.69) is 0 Å². The van der Waals surface area contributed by atoms with Crippen LogP contribution in [0.3, 0.4) is 0 Å². The highest BCUT2D eigenvalue weighted by molar-refractivity contribution is 6.08. The van der Waals surface area contributed by atoms with Gasteiger partial charge in [0.1, 0.15) is 17.7 Å². The van der Waals surface area contributed by atoms with E-state index in [9.17, 15) is 29.4 Å². The molecular formula is C19H32N4O6. The summed E-state index contributed by atoms with van der Waals surface area (Å²) in [6.07, 6.45) is -0.899. The molecule has 164 valence electrons. The van der Waals surface area contributed by atoms with E-state index in [1.165, 1.54) is 9.80 Å². The second-order valence-electron chi connectivity index (χ2n) is 8.64. The average Bonchev–Trinajstić information content (AvgIpc) is 2.91. The minimum Gasteiger partial charge on any atom is -0.391 e. The van der Waals surface area contributed by atoms with Crippen LogP contribution in [0.4, 0.5) is 9.59 Å². The van der Waals surface area contributed by atoms with Crippen LogP contribution in [0.1, 0.15) is 54.4 Å². The van der Waals surface area contributed by atoms with Gasteiger partial charge >= 0.3 is 12.1 Å². The minimum absolute atomic E-state index is 0.126. The Morgan fingerprint density at radius 2 is 1.03 bits per heavy atom. The zero-order valence-corrected chi connectivity index (χ0v) is 18.0. The van der Waals surface area contributed by atoms with Gasteiger partial charge < -0.3 is 10.2 Å². The quantitative estimate of drug-likeness (QED) is 0.562. The Morgan fingerprint density at radius 1 is 0.724 bits per heavy atom. The fraction of sp³-hybridized carbons (Fsp3) is 0.789. The Bertz CT molecular complexity index is 649. The molecule has 2 unspecified atom stereocenters. The number of nitrogens with zero attached hydrogens (tertiary/aromatic N) is 4. The van der Waals surface area contributed by atoms with Crippen molar-refractivity contribution < 1.29 is 29.4 Å². The minimum atomic E-state index is -1.24. The first kappa shape index (κ1) is 23.1. The van der Waals surface area contributed by atoms with Crippen LogP contribution in [0.15, 0.2) is 0 Å². The first-order valence-electron chi connectivity index (χ1n) is 9.93. The Labute approximate surface area is 171 Å². The molecule has 2 saturated heterocycles. The van der Waals surface area contributed by atoms with Crippen molar-refractivity contribution in [3.63, 3.8) is 0 Å². The first-order chi connectivity index (χ1) is 13.3. The summed E-state index contributed by atoms with van der Waals surface area (Å²) in [5.74, 6) is -0.937. The number of hydrogen-bond donors (Lipinski definition) is 2. The molecule has 0 aromatic heterocycles. The van der Waals surface area contributed by atoms with Gasteiger partial charge in [-0.15, -0.1) is 0 Å². The Balaban J connectivity index is 2.29. The first-order valence-corrected chi connectivity index (χ1v) is 9.93. The maximum Gasteiger partial charge on any atom is 0.329 e. The summed E-state index contributed by atoms with van der Waals surface area (Å²) >= 11 is 0. The number of rotatable bonds is 8. The number of carbonyl (C=O) groups is 4. The Kier molecular flexibility index (Phi) is 6.29. The van der Waals surface area contributed by atoms with Crippen LogP contribution in [0, 0.1) is 0 Å². The van der Waals surface area contributed by atoms with Crippen molar-refractivity contribution in [1.82, 2.24) is 19.6 Å². The summed E-state index contributed by atoms with van der Waals surface area (Å²) in [6.45, 7) is 9.26. The van der Waals surface area contributed by atoms with Crippen LogP contribution in [-0.2, 0) is 9.59 Å². The molecule has 2 rings (SSSR count). The highest BCUT2D eigenvalue weighted by atomic mass is 16.3. The van der Waals surface area contributed by atoms with E-state index < -0.39 is 47.2 Å². The molecular weight excluding hydrogens is 380 g/mol. The van der Waals surface area contributed by atoms with E-state index in [4.69, 9.17) is 0 Å². The van der Waals surface area contributed by atoms with Crippen molar-refractivity contribution in [1.29, 1.82) is 0 Å². The van der Waals surface area contributed by atoms with Gasteiger partial charge in [0.15, 0.2) is 0 Å². The van der Waals surface area contributed by atoms with Gasteiger partial charge in [0.05, 0.1) is 25.3 Å². The second-order valence-corrected chi connectivity index (χ2v) is 8.64. The predicted octanol–water partition coefficient (Wildman–Crippen LogP) is 0.571. The van der Waals surface area contributed by atoms with Gasteiger partial charge in [0, 0.05) is 0 Å². The molecule has 0 saturated carbocycles.